The van der Waals surface area contributed by atoms with Gasteiger partial charge in [-0.15, -0.1) is 0 Å². The number of benzene rings is 1. The van der Waals surface area contributed by atoms with Crippen molar-refractivity contribution in [3.63, 3.8) is 0 Å². The van der Waals surface area contributed by atoms with Gasteiger partial charge in [0.1, 0.15) is 5.60 Å². The fourth-order valence-electron chi connectivity index (χ4n) is 1.35. The van der Waals surface area contributed by atoms with Crippen LogP contribution in [0, 0.1) is 6.92 Å². The van der Waals surface area contributed by atoms with Crippen molar-refractivity contribution < 1.29 is 19.4 Å². The van der Waals surface area contributed by atoms with Gasteiger partial charge in [0.15, 0.2) is 0 Å². The molecule has 1 aromatic carbocycles. The molecule has 0 bridgehead atoms. The minimum absolute atomic E-state index is 0.0285. The van der Waals surface area contributed by atoms with Gasteiger partial charge < -0.3 is 9.84 Å². The molecule has 0 atom stereocenters. The summed E-state index contributed by atoms with van der Waals surface area (Å²) in [7, 11) is 0. The van der Waals surface area contributed by atoms with Gasteiger partial charge in [0.05, 0.1) is 11.1 Å². The molecule has 1 aromatic rings. The number of carboxylic acids is 1. The summed E-state index contributed by atoms with van der Waals surface area (Å²) in [6.45, 7) is 6.98. The Labute approximate surface area is 100 Å². The molecule has 1 rings (SSSR count). The quantitative estimate of drug-likeness (QED) is 0.802. The standard InChI is InChI=1S/C13H16O4/c1-8-5-6-9(10(7-8)11(14)15)12(16)17-13(2,3)4/h5-7H,1-4H3,(H,14,15). The number of hydrogen-bond acceptors (Lipinski definition) is 3. The van der Waals surface area contributed by atoms with Crippen molar-refractivity contribution in [1.29, 1.82) is 0 Å². The lowest BCUT2D eigenvalue weighted by Gasteiger charge is -2.20. The van der Waals surface area contributed by atoms with Gasteiger partial charge in [0.25, 0.3) is 0 Å². The van der Waals surface area contributed by atoms with E-state index < -0.39 is 17.5 Å². The first kappa shape index (κ1) is 13.2. The van der Waals surface area contributed by atoms with E-state index in [0.717, 1.165) is 5.56 Å². The van der Waals surface area contributed by atoms with Gasteiger partial charge in [0, 0.05) is 0 Å². The molecule has 0 amide bonds. The highest BCUT2D eigenvalue weighted by Crippen LogP contribution is 2.17. The SMILES string of the molecule is Cc1ccc(C(=O)OC(C)(C)C)c(C(=O)O)c1. The average molecular weight is 236 g/mol. The third-order valence-electron chi connectivity index (χ3n) is 2.02. The van der Waals surface area contributed by atoms with E-state index in [0.29, 0.717) is 0 Å². The van der Waals surface area contributed by atoms with Gasteiger partial charge in [-0.25, -0.2) is 9.59 Å². The number of carboxylic acid groups (broad SMARTS) is 1. The molecule has 0 spiro atoms. The third-order valence-corrected chi connectivity index (χ3v) is 2.02. The molecule has 0 saturated carbocycles. The highest BCUT2D eigenvalue weighted by Gasteiger charge is 2.22. The van der Waals surface area contributed by atoms with E-state index in [1.54, 1.807) is 33.8 Å². The Morgan fingerprint density at radius 2 is 1.76 bits per heavy atom. The molecule has 0 aromatic heterocycles. The normalized spacial score (nSPS) is 11.1. The van der Waals surface area contributed by atoms with E-state index in [1.807, 2.05) is 0 Å². The maximum atomic E-state index is 11.8. The lowest BCUT2D eigenvalue weighted by Crippen LogP contribution is -2.25. The first-order valence-electron chi connectivity index (χ1n) is 5.28. The van der Waals surface area contributed by atoms with Crippen molar-refractivity contribution >= 4 is 11.9 Å². The lowest BCUT2D eigenvalue weighted by molar-refractivity contribution is 0.00659. The Bertz CT molecular complexity index is 455. The van der Waals surface area contributed by atoms with Gasteiger partial charge in [-0.1, -0.05) is 11.6 Å². The molecule has 0 aliphatic carbocycles. The van der Waals surface area contributed by atoms with E-state index in [-0.39, 0.29) is 11.1 Å². The predicted molar refractivity (Wildman–Crippen MR) is 63.3 cm³/mol. The van der Waals surface area contributed by atoms with Crippen molar-refractivity contribution in [2.24, 2.45) is 0 Å². The topological polar surface area (TPSA) is 63.6 Å². The summed E-state index contributed by atoms with van der Waals surface area (Å²) in [5.41, 5.74) is 0.199. The Morgan fingerprint density at radius 1 is 1.18 bits per heavy atom. The van der Waals surface area contributed by atoms with E-state index in [9.17, 15) is 9.59 Å². The molecule has 0 radical (unpaired) electrons. The first-order chi connectivity index (χ1) is 7.70. The van der Waals surface area contributed by atoms with Crippen molar-refractivity contribution in [1.82, 2.24) is 0 Å². The average Bonchev–Trinajstić information content (AvgIpc) is 2.14. The highest BCUT2D eigenvalue weighted by molar-refractivity contribution is 6.02. The number of carbonyl (C=O) groups excluding carboxylic acids is 1. The molecule has 1 N–H and O–H groups in total. The van der Waals surface area contributed by atoms with Crippen molar-refractivity contribution in [3.8, 4) is 0 Å². The maximum absolute atomic E-state index is 11.8. The molecule has 4 heteroatoms. The van der Waals surface area contributed by atoms with Crippen LogP contribution in [0.4, 0.5) is 0 Å². The van der Waals surface area contributed by atoms with Crippen LogP contribution in [0.5, 0.6) is 0 Å². The van der Waals surface area contributed by atoms with E-state index in [2.05, 4.69) is 0 Å². The minimum Gasteiger partial charge on any atom is -0.478 e. The van der Waals surface area contributed by atoms with Crippen LogP contribution in [0.25, 0.3) is 0 Å². The zero-order valence-electron chi connectivity index (χ0n) is 10.4. The number of hydrogen-bond donors (Lipinski definition) is 1. The van der Waals surface area contributed by atoms with E-state index in [4.69, 9.17) is 9.84 Å². The molecule has 0 aliphatic heterocycles. The van der Waals surface area contributed by atoms with Crippen molar-refractivity contribution in [2.45, 2.75) is 33.3 Å². The molecular weight excluding hydrogens is 220 g/mol. The molecule has 0 aliphatic rings. The Hall–Kier alpha value is -1.84. The summed E-state index contributed by atoms with van der Waals surface area (Å²) in [5.74, 6) is -1.75. The first-order valence-corrected chi connectivity index (χ1v) is 5.28. The fourth-order valence-corrected chi connectivity index (χ4v) is 1.35. The van der Waals surface area contributed by atoms with Crippen LogP contribution in [-0.4, -0.2) is 22.6 Å². The fraction of sp³-hybridized carbons (Fsp3) is 0.385. The smallest absolute Gasteiger partial charge is 0.339 e. The van der Waals surface area contributed by atoms with Gasteiger partial charge in [-0.05, 0) is 39.8 Å². The third kappa shape index (κ3) is 3.59. The van der Waals surface area contributed by atoms with Gasteiger partial charge in [0.2, 0.25) is 0 Å². The summed E-state index contributed by atoms with van der Waals surface area (Å²) in [5, 5.41) is 9.03. The number of carbonyl (C=O) groups is 2. The molecule has 17 heavy (non-hydrogen) atoms. The molecule has 4 nitrogen and oxygen atoms in total. The van der Waals surface area contributed by atoms with Gasteiger partial charge in [-0.3, -0.25) is 0 Å². The summed E-state index contributed by atoms with van der Waals surface area (Å²) in [6, 6.07) is 4.63. The van der Waals surface area contributed by atoms with Gasteiger partial charge in [-0.2, -0.15) is 0 Å². The molecule has 0 heterocycles. The van der Waals surface area contributed by atoms with Crippen molar-refractivity contribution in [3.05, 3.63) is 34.9 Å². The lowest BCUT2D eigenvalue weighted by atomic mass is 10.0. The second-order valence-corrected chi connectivity index (χ2v) is 4.86. The van der Waals surface area contributed by atoms with Crippen LogP contribution in [-0.2, 0) is 4.74 Å². The largest absolute Gasteiger partial charge is 0.478 e. The van der Waals surface area contributed by atoms with Crippen LogP contribution < -0.4 is 0 Å². The highest BCUT2D eigenvalue weighted by atomic mass is 16.6. The number of ether oxygens (including phenoxy) is 1. The van der Waals surface area contributed by atoms with Crippen LogP contribution in [0.2, 0.25) is 0 Å². The number of rotatable bonds is 2. The number of esters is 1. The molecule has 92 valence electrons. The monoisotopic (exact) mass is 236 g/mol. The van der Waals surface area contributed by atoms with Crippen LogP contribution >= 0.6 is 0 Å². The van der Waals surface area contributed by atoms with Crippen LogP contribution in [0.15, 0.2) is 18.2 Å². The van der Waals surface area contributed by atoms with E-state index >= 15 is 0 Å². The molecular formula is C13H16O4. The summed E-state index contributed by atoms with van der Waals surface area (Å²) >= 11 is 0. The van der Waals surface area contributed by atoms with Crippen molar-refractivity contribution in [2.75, 3.05) is 0 Å². The number of aromatic carboxylic acids is 1. The predicted octanol–water partition coefficient (Wildman–Crippen LogP) is 2.65. The summed E-state index contributed by atoms with van der Waals surface area (Å²) in [6.07, 6.45) is 0. The second-order valence-electron chi connectivity index (χ2n) is 4.86. The zero-order valence-corrected chi connectivity index (χ0v) is 10.4. The summed E-state index contributed by atoms with van der Waals surface area (Å²) in [4.78, 5) is 22.8. The number of aryl methyl sites for hydroxylation is 1. The van der Waals surface area contributed by atoms with E-state index in [1.165, 1.54) is 12.1 Å². The molecule has 0 fully saturated rings. The van der Waals surface area contributed by atoms with Crippen LogP contribution in [0.1, 0.15) is 47.1 Å². The van der Waals surface area contributed by atoms with Crippen LogP contribution in [0.3, 0.4) is 0 Å². The van der Waals surface area contributed by atoms with Gasteiger partial charge >= 0.3 is 11.9 Å². The Balaban J connectivity index is 3.14. The molecule has 0 unspecified atom stereocenters. The maximum Gasteiger partial charge on any atom is 0.339 e. The summed E-state index contributed by atoms with van der Waals surface area (Å²) < 4.78 is 5.15. The minimum atomic E-state index is -1.13. The molecule has 0 saturated heterocycles. The Morgan fingerprint density at radius 3 is 2.24 bits per heavy atom. The Kier molecular flexibility index (Phi) is 3.56. The second kappa shape index (κ2) is 4.57. The zero-order chi connectivity index (χ0) is 13.2.